The minimum Gasteiger partial charge on any atom is -0.486 e. The quantitative estimate of drug-likeness (QED) is 0.869. The molecule has 0 fully saturated rings. The molecule has 0 unspecified atom stereocenters. The average molecular weight is 283 g/mol. The van der Waals surface area contributed by atoms with Crippen LogP contribution < -0.4 is 14.4 Å². The van der Waals surface area contributed by atoms with Crippen molar-refractivity contribution in [2.45, 2.75) is 6.42 Å². The van der Waals surface area contributed by atoms with Crippen molar-refractivity contribution in [2.24, 2.45) is 0 Å². The maximum Gasteiger partial charge on any atom is 0.231 e. The lowest BCUT2D eigenvalue weighted by Gasteiger charge is -2.20. The smallest absolute Gasteiger partial charge is 0.231 e. The third kappa shape index (κ3) is 2.99. The summed E-state index contributed by atoms with van der Waals surface area (Å²) >= 11 is 0. The second kappa shape index (κ2) is 5.87. The van der Waals surface area contributed by atoms with Crippen molar-refractivity contribution in [3.8, 4) is 11.5 Å². The number of anilines is 1. The lowest BCUT2D eigenvalue weighted by molar-refractivity contribution is -0.117. The minimum atomic E-state index is 0.0397. The summed E-state index contributed by atoms with van der Waals surface area (Å²) in [5.41, 5.74) is 1.81. The number of ether oxygens (including phenoxy) is 2. The zero-order valence-electron chi connectivity index (χ0n) is 11.9. The van der Waals surface area contributed by atoms with Crippen LogP contribution in [0.15, 0.2) is 48.5 Å². The predicted octanol–water partition coefficient (Wildman–Crippen LogP) is 2.66. The predicted molar refractivity (Wildman–Crippen MR) is 81.0 cm³/mol. The van der Waals surface area contributed by atoms with Gasteiger partial charge in [0.25, 0.3) is 0 Å². The zero-order valence-corrected chi connectivity index (χ0v) is 11.9. The lowest BCUT2D eigenvalue weighted by Crippen LogP contribution is -2.27. The standard InChI is InChI=1S/C17H17NO3/c1-18(14-5-3-2-4-6-14)17(19)12-13-7-8-15-16(11-13)21-10-9-20-15/h2-8,11H,9-10,12H2,1H3. The van der Waals surface area contributed by atoms with Crippen molar-refractivity contribution in [2.75, 3.05) is 25.2 Å². The molecular formula is C17H17NO3. The number of likely N-dealkylation sites (N-methyl/N-ethyl adjacent to an activating group) is 1. The van der Waals surface area contributed by atoms with Gasteiger partial charge in [0.2, 0.25) is 5.91 Å². The van der Waals surface area contributed by atoms with Gasteiger partial charge in [-0.2, -0.15) is 0 Å². The van der Waals surface area contributed by atoms with E-state index in [1.807, 2.05) is 48.5 Å². The molecule has 21 heavy (non-hydrogen) atoms. The number of benzene rings is 2. The molecular weight excluding hydrogens is 266 g/mol. The maximum absolute atomic E-state index is 12.3. The molecule has 0 saturated heterocycles. The van der Waals surface area contributed by atoms with Crippen molar-refractivity contribution in [1.29, 1.82) is 0 Å². The number of hydrogen-bond donors (Lipinski definition) is 0. The fraction of sp³-hybridized carbons (Fsp3) is 0.235. The van der Waals surface area contributed by atoms with E-state index in [4.69, 9.17) is 9.47 Å². The maximum atomic E-state index is 12.3. The van der Waals surface area contributed by atoms with E-state index in [1.165, 1.54) is 0 Å². The van der Waals surface area contributed by atoms with Gasteiger partial charge < -0.3 is 14.4 Å². The molecule has 2 aromatic carbocycles. The van der Waals surface area contributed by atoms with Crippen molar-refractivity contribution < 1.29 is 14.3 Å². The average Bonchev–Trinajstić information content (AvgIpc) is 2.55. The molecule has 0 aromatic heterocycles. The van der Waals surface area contributed by atoms with Gasteiger partial charge in [-0.3, -0.25) is 4.79 Å². The SMILES string of the molecule is CN(C(=O)Cc1ccc2c(c1)OCCO2)c1ccccc1. The van der Waals surface area contributed by atoms with Crippen LogP contribution in [0.2, 0.25) is 0 Å². The van der Waals surface area contributed by atoms with Gasteiger partial charge in [-0.25, -0.2) is 0 Å². The zero-order chi connectivity index (χ0) is 14.7. The van der Waals surface area contributed by atoms with Gasteiger partial charge in [-0.05, 0) is 29.8 Å². The van der Waals surface area contributed by atoms with Crippen LogP contribution in [0.3, 0.4) is 0 Å². The molecule has 0 radical (unpaired) electrons. The molecule has 0 saturated carbocycles. The number of carbonyl (C=O) groups excluding carboxylic acids is 1. The summed E-state index contributed by atoms with van der Waals surface area (Å²) in [6.07, 6.45) is 0.335. The molecule has 0 atom stereocenters. The minimum absolute atomic E-state index is 0.0397. The molecule has 0 N–H and O–H groups in total. The molecule has 0 aliphatic carbocycles. The summed E-state index contributed by atoms with van der Waals surface area (Å²) in [4.78, 5) is 14.0. The molecule has 1 amide bonds. The van der Waals surface area contributed by atoms with E-state index in [-0.39, 0.29) is 5.91 Å². The Kier molecular flexibility index (Phi) is 3.77. The monoisotopic (exact) mass is 283 g/mol. The van der Waals surface area contributed by atoms with Gasteiger partial charge in [-0.15, -0.1) is 0 Å². The fourth-order valence-electron chi connectivity index (χ4n) is 2.29. The van der Waals surface area contributed by atoms with Gasteiger partial charge >= 0.3 is 0 Å². The summed E-state index contributed by atoms with van der Waals surface area (Å²) in [7, 11) is 1.79. The molecule has 3 rings (SSSR count). The Morgan fingerprint density at radius 2 is 1.76 bits per heavy atom. The first-order valence-corrected chi connectivity index (χ1v) is 6.94. The Hall–Kier alpha value is -2.49. The Balaban J connectivity index is 1.73. The first kappa shape index (κ1) is 13.5. The molecule has 2 aromatic rings. The first-order chi connectivity index (χ1) is 10.2. The van der Waals surface area contributed by atoms with Gasteiger partial charge in [0, 0.05) is 12.7 Å². The van der Waals surface area contributed by atoms with E-state index in [9.17, 15) is 4.79 Å². The van der Waals surface area contributed by atoms with E-state index in [2.05, 4.69) is 0 Å². The Bertz CT molecular complexity index is 640. The van der Waals surface area contributed by atoms with Crippen LogP contribution in [-0.4, -0.2) is 26.2 Å². The number of hydrogen-bond acceptors (Lipinski definition) is 3. The summed E-state index contributed by atoms with van der Waals surface area (Å²) in [6.45, 7) is 1.12. The number of amides is 1. The molecule has 1 aliphatic rings. The van der Waals surface area contributed by atoms with Gasteiger partial charge in [0.05, 0.1) is 6.42 Å². The van der Waals surface area contributed by atoms with E-state index < -0.39 is 0 Å². The fourth-order valence-corrected chi connectivity index (χ4v) is 2.29. The third-order valence-electron chi connectivity index (χ3n) is 3.48. The number of rotatable bonds is 3. The highest BCUT2D eigenvalue weighted by Gasteiger charge is 2.15. The lowest BCUT2D eigenvalue weighted by atomic mass is 10.1. The summed E-state index contributed by atoms with van der Waals surface area (Å²) in [5, 5.41) is 0. The Morgan fingerprint density at radius 1 is 1.05 bits per heavy atom. The summed E-state index contributed by atoms with van der Waals surface area (Å²) in [6, 6.07) is 15.3. The molecule has 1 heterocycles. The summed E-state index contributed by atoms with van der Waals surface area (Å²) in [5.74, 6) is 1.50. The van der Waals surface area contributed by atoms with Gasteiger partial charge in [-0.1, -0.05) is 24.3 Å². The highest BCUT2D eigenvalue weighted by molar-refractivity contribution is 5.94. The van der Waals surface area contributed by atoms with Crippen LogP contribution in [0.25, 0.3) is 0 Å². The van der Waals surface area contributed by atoms with E-state index >= 15 is 0 Å². The molecule has 0 spiro atoms. The number of nitrogens with zero attached hydrogens (tertiary/aromatic N) is 1. The largest absolute Gasteiger partial charge is 0.486 e. The summed E-state index contributed by atoms with van der Waals surface area (Å²) < 4.78 is 11.0. The molecule has 1 aliphatic heterocycles. The molecule has 0 bridgehead atoms. The van der Waals surface area contributed by atoms with Crippen molar-refractivity contribution in [3.63, 3.8) is 0 Å². The highest BCUT2D eigenvalue weighted by atomic mass is 16.6. The van der Waals surface area contributed by atoms with Crippen LogP contribution in [0, 0.1) is 0 Å². The molecule has 4 nitrogen and oxygen atoms in total. The normalized spacial score (nSPS) is 12.8. The van der Waals surface area contributed by atoms with Crippen LogP contribution >= 0.6 is 0 Å². The highest BCUT2D eigenvalue weighted by Crippen LogP contribution is 2.31. The third-order valence-corrected chi connectivity index (χ3v) is 3.48. The van der Waals surface area contributed by atoms with E-state index in [1.54, 1.807) is 11.9 Å². The Morgan fingerprint density at radius 3 is 2.52 bits per heavy atom. The Labute approximate surface area is 123 Å². The molecule has 108 valence electrons. The second-order valence-corrected chi connectivity index (χ2v) is 4.94. The van der Waals surface area contributed by atoms with Crippen molar-refractivity contribution in [3.05, 3.63) is 54.1 Å². The van der Waals surface area contributed by atoms with Gasteiger partial charge in [0.1, 0.15) is 13.2 Å². The first-order valence-electron chi connectivity index (χ1n) is 6.94. The number of para-hydroxylation sites is 1. The van der Waals surface area contributed by atoms with Crippen LogP contribution in [0.4, 0.5) is 5.69 Å². The van der Waals surface area contributed by atoms with Crippen LogP contribution in [-0.2, 0) is 11.2 Å². The van der Waals surface area contributed by atoms with E-state index in [0.29, 0.717) is 25.4 Å². The van der Waals surface area contributed by atoms with Gasteiger partial charge in [0.15, 0.2) is 11.5 Å². The van der Waals surface area contributed by atoms with Crippen LogP contribution in [0.1, 0.15) is 5.56 Å². The number of fused-ring (bicyclic) bond motifs is 1. The van der Waals surface area contributed by atoms with E-state index in [0.717, 1.165) is 17.0 Å². The molecule has 4 heteroatoms. The van der Waals surface area contributed by atoms with Crippen molar-refractivity contribution in [1.82, 2.24) is 0 Å². The van der Waals surface area contributed by atoms with Crippen LogP contribution in [0.5, 0.6) is 11.5 Å². The second-order valence-electron chi connectivity index (χ2n) is 4.94. The number of carbonyl (C=O) groups is 1. The van der Waals surface area contributed by atoms with Crippen molar-refractivity contribution >= 4 is 11.6 Å². The topological polar surface area (TPSA) is 38.8 Å².